The number of hydrogen-bond donors (Lipinski definition) is 0. The SMILES string of the molecule is C[Si](C)(C)N(c1ccccc1CCl)[Si](C)(C)C. The maximum Gasteiger partial charge on any atom is 0.138 e. The quantitative estimate of drug-likeness (QED) is 0.562. The summed E-state index contributed by atoms with van der Waals surface area (Å²) in [7, 11) is -2.75. The van der Waals surface area contributed by atoms with Crippen LogP contribution in [0.3, 0.4) is 0 Å². The Hall–Kier alpha value is -0.256. The van der Waals surface area contributed by atoms with Crippen LogP contribution in [0.25, 0.3) is 0 Å². The molecule has 0 radical (unpaired) electrons. The Bertz CT molecular complexity index is 366. The van der Waals surface area contributed by atoms with Gasteiger partial charge in [-0.25, -0.2) is 0 Å². The van der Waals surface area contributed by atoms with Crippen LogP contribution in [-0.4, -0.2) is 16.5 Å². The Labute approximate surface area is 113 Å². The van der Waals surface area contributed by atoms with Gasteiger partial charge in [0.1, 0.15) is 16.5 Å². The van der Waals surface area contributed by atoms with E-state index in [0.717, 1.165) is 0 Å². The number of para-hydroxylation sites is 1. The molecule has 0 amide bonds. The lowest BCUT2D eigenvalue weighted by Crippen LogP contribution is -2.59. The van der Waals surface area contributed by atoms with Crippen molar-refractivity contribution in [2.24, 2.45) is 0 Å². The molecular weight excluding hydrogens is 262 g/mol. The average molecular weight is 286 g/mol. The summed E-state index contributed by atoms with van der Waals surface area (Å²) < 4.78 is 2.72. The fourth-order valence-corrected chi connectivity index (χ4v) is 12.7. The lowest BCUT2D eigenvalue weighted by atomic mass is 10.2. The highest BCUT2D eigenvalue weighted by Crippen LogP contribution is 2.31. The number of halogens is 1. The van der Waals surface area contributed by atoms with Gasteiger partial charge in [0.15, 0.2) is 0 Å². The van der Waals surface area contributed by atoms with Crippen LogP contribution in [0.2, 0.25) is 39.3 Å². The summed E-state index contributed by atoms with van der Waals surface area (Å²) >= 11 is 6.08. The van der Waals surface area contributed by atoms with Crippen LogP contribution in [0.4, 0.5) is 5.69 Å². The van der Waals surface area contributed by atoms with Gasteiger partial charge in [-0.15, -0.1) is 11.6 Å². The van der Waals surface area contributed by atoms with Crippen molar-refractivity contribution in [3.8, 4) is 0 Å². The van der Waals surface area contributed by atoms with Gasteiger partial charge in [0, 0.05) is 11.6 Å². The van der Waals surface area contributed by atoms with Crippen molar-refractivity contribution in [2.75, 3.05) is 4.23 Å². The Morgan fingerprint density at radius 2 is 1.41 bits per heavy atom. The summed E-state index contributed by atoms with van der Waals surface area (Å²) in [4.78, 5) is 0. The number of nitrogens with zero attached hydrogens (tertiary/aromatic N) is 1. The molecule has 1 aromatic carbocycles. The van der Waals surface area contributed by atoms with Gasteiger partial charge in [-0.2, -0.15) is 0 Å². The van der Waals surface area contributed by atoms with Gasteiger partial charge in [-0.1, -0.05) is 57.5 Å². The lowest BCUT2D eigenvalue weighted by molar-refractivity contribution is 1.29. The van der Waals surface area contributed by atoms with E-state index in [1.54, 1.807) is 0 Å². The molecule has 0 aliphatic carbocycles. The summed E-state index contributed by atoms with van der Waals surface area (Å²) in [5.74, 6) is 0.599. The first-order valence-electron chi connectivity index (χ1n) is 6.12. The highest BCUT2D eigenvalue weighted by atomic mass is 35.5. The zero-order valence-corrected chi connectivity index (χ0v) is 14.6. The first-order chi connectivity index (χ1) is 7.68. The summed E-state index contributed by atoms with van der Waals surface area (Å²) in [6.07, 6.45) is 0. The van der Waals surface area contributed by atoms with Crippen LogP contribution in [0.1, 0.15) is 5.56 Å². The molecule has 0 aliphatic heterocycles. The van der Waals surface area contributed by atoms with Crippen LogP contribution >= 0.6 is 11.6 Å². The predicted molar refractivity (Wildman–Crippen MR) is 85.2 cm³/mol. The number of alkyl halides is 1. The molecule has 17 heavy (non-hydrogen) atoms. The van der Waals surface area contributed by atoms with Crippen molar-refractivity contribution >= 4 is 33.8 Å². The minimum absolute atomic E-state index is 0.599. The molecule has 1 nitrogen and oxygen atoms in total. The second-order valence-corrected chi connectivity index (χ2v) is 16.7. The standard InChI is InChI=1S/C13H24ClNSi2/c1-16(2,3)15(17(4,5)6)13-10-8-7-9-12(13)11-14/h7-10H,11H2,1-6H3. The monoisotopic (exact) mass is 285 g/mol. The van der Waals surface area contributed by atoms with Crippen LogP contribution in [0.5, 0.6) is 0 Å². The first kappa shape index (κ1) is 14.8. The Morgan fingerprint density at radius 3 is 1.82 bits per heavy atom. The van der Waals surface area contributed by atoms with Gasteiger partial charge in [0.05, 0.1) is 0 Å². The molecule has 4 heteroatoms. The third-order valence-electron chi connectivity index (χ3n) is 2.72. The molecule has 0 atom stereocenters. The lowest BCUT2D eigenvalue weighted by Gasteiger charge is -2.46. The van der Waals surface area contributed by atoms with E-state index in [9.17, 15) is 0 Å². The van der Waals surface area contributed by atoms with Gasteiger partial charge in [-0.05, 0) is 11.6 Å². The summed E-state index contributed by atoms with van der Waals surface area (Å²) in [5.41, 5.74) is 2.62. The molecule has 0 bridgehead atoms. The van der Waals surface area contributed by atoms with Crippen molar-refractivity contribution in [1.29, 1.82) is 0 Å². The molecule has 1 aromatic rings. The zero-order chi connectivity index (χ0) is 13.3. The van der Waals surface area contributed by atoms with Gasteiger partial charge >= 0.3 is 0 Å². The van der Waals surface area contributed by atoms with Crippen LogP contribution in [0.15, 0.2) is 24.3 Å². The van der Waals surface area contributed by atoms with Crippen molar-refractivity contribution < 1.29 is 0 Å². The van der Waals surface area contributed by atoms with E-state index in [-0.39, 0.29) is 0 Å². The average Bonchev–Trinajstić information content (AvgIpc) is 2.14. The highest BCUT2D eigenvalue weighted by Gasteiger charge is 2.35. The number of anilines is 1. The molecule has 0 heterocycles. The van der Waals surface area contributed by atoms with E-state index in [2.05, 4.69) is 67.8 Å². The van der Waals surface area contributed by atoms with Crippen LogP contribution in [-0.2, 0) is 5.88 Å². The van der Waals surface area contributed by atoms with Crippen molar-refractivity contribution in [1.82, 2.24) is 0 Å². The fourth-order valence-electron chi connectivity index (χ4n) is 2.57. The number of benzene rings is 1. The smallest absolute Gasteiger partial charge is 0.138 e. The maximum atomic E-state index is 6.08. The number of hydrogen-bond acceptors (Lipinski definition) is 1. The molecule has 0 saturated heterocycles. The molecule has 0 unspecified atom stereocenters. The second-order valence-electron chi connectivity index (χ2n) is 6.44. The maximum absolute atomic E-state index is 6.08. The summed E-state index contributed by atoms with van der Waals surface area (Å²) in [5, 5.41) is 0. The molecule has 0 fully saturated rings. The Morgan fingerprint density at radius 1 is 0.941 bits per heavy atom. The molecule has 1 rings (SSSR count). The Kier molecular flexibility index (Phi) is 4.50. The third kappa shape index (κ3) is 3.60. The van der Waals surface area contributed by atoms with E-state index in [1.165, 1.54) is 11.3 Å². The van der Waals surface area contributed by atoms with Crippen LogP contribution in [0, 0.1) is 0 Å². The largest absolute Gasteiger partial charge is 0.424 e. The zero-order valence-electron chi connectivity index (χ0n) is 11.8. The van der Waals surface area contributed by atoms with E-state index in [0.29, 0.717) is 5.88 Å². The van der Waals surface area contributed by atoms with Gasteiger partial charge in [0.2, 0.25) is 0 Å². The summed E-state index contributed by atoms with van der Waals surface area (Å²) in [6.45, 7) is 14.5. The highest BCUT2D eigenvalue weighted by molar-refractivity contribution is 6.99. The minimum atomic E-state index is -1.37. The molecular formula is C13H24ClNSi2. The van der Waals surface area contributed by atoms with Crippen molar-refractivity contribution in [3.05, 3.63) is 29.8 Å². The molecule has 0 saturated carbocycles. The summed E-state index contributed by atoms with van der Waals surface area (Å²) in [6, 6.07) is 8.58. The molecule has 0 spiro atoms. The van der Waals surface area contributed by atoms with E-state index >= 15 is 0 Å². The Balaban J connectivity index is 3.33. The molecule has 0 N–H and O–H groups in total. The molecule has 0 aliphatic rings. The first-order valence-corrected chi connectivity index (χ1v) is 13.5. The normalized spacial score (nSPS) is 12.6. The predicted octanol–water partition coefficient (Wildman–Crippen LogP) is 4.90. The van der Waals surface area contributed by atoms with Gasteiger partial charge in [0.25, 0.3) is 0 Å². The third-order valence-corrected chi connectivity index (χ3v) is 10.2. The van der Waals surface area contributed by atoms with Crippen molar-refractivity contribution in [2.45, 2.75) is 45.2 Å². The second kappa shape index (κ2) is 5.16. The fraction of sp³-hybridized carbons (Fsp3) is 0.538. The molecule has 0 aromatic heterocycles. The topological polar surface area (TPSA) is 3.24 Å². The van der Waals surface area contributed by atoms with Gasteiger partial charge in [-0.3, -0.25) is 0 Å². The van der Waals surface area contributed by atoms with Crippen LogP contribution < -0.4 is 4.23 Å². The van der Waals surface area contributed by atoms with Crippen molar-refractivity contribution in [3.63, 3.8) is 0 Å². The molecule has 96 valence electrons. The minimum Gasteiger partial charge on any atom is -0.424 e. The van der Waals surface area contributed by atoms with E-state index in [1.807, 2.05) is 0 Å². The number of rotatable bonds is 4. The van der Waals surface area contributed by atoms with Gasteiger partial charge < -0.3 is 4.23 Å². The van der Waals surface area contributed by atoms with E-state index in [4.69, 9.17) is 11.6 Å². The van der Waals surface area contributed by atoms with E-state index < -0.39 is 16.5 Å².